The monoisotopic (exact) mass is 188 g/mol. The van der Waals surface area contributed by atoms with Crippen molar-refractivity contribution in [1.29, 1.82) is 0 Å². The van der Waals surface area contributed by atoms with Crippen LogP contribution in [-0.4, -0.2) is 9.91 Å². The van der Waals surface area contributed by atoms with Crippen LogP contribution in [0.15, 0.2) is 17.1 Å². The van der Waals surface area contributed by atoms with E-state index in [9.17, 15) is 14.9 Å². The number of aromatic amines is 1. The minimum atomic E-state index is -0.667. The standard InChI is InChI=1S/C6H5ClN2O3/c7-2-4-3-8-6(9(11)12)1-5(4)10/h1,3H,2H2,(H,8,10). The SMILES string of the molecule is O=c1cc([N+](=O)[O-])[nH]cc1CCl. The fraction of sp³-hybridized carbons (Fsp3) is 0.167. The van der Waals surface area contributed by atoms with Crippen molar-refractivity contribution in [3.63, 3.8) is 0 Å². The quantitative estimate of drug-likeness (QED) is 0.428. The summed E-state index contributed by atoms with van der Waals surface area (Å²) in [4.78, 5) is 22.8. The first-order chi connectivity index (χ1) is 5.65. The molecule has 6 heteroatoms. The lowest BCUT2D eigenvalue weighted by molar-refractivity contribution is -0.389. The third-order valence-electron chi connectivity index (χ3n) is 1.32. The minimum Gasteiger partial charge on any atom is -0.358 e. The maximum Gasteiger partial charge on any atom is 0.324 e. The molecule has 1 aromatic rings. The number of pyridine rings is 1. The number of halogens is 1. The molecule has 0 unspecified atom stereocenters. The molecule has 0 aliphatic rings. The van der Waals surface area contributed by atoms with Gasteiger partial charge in [0.15, 0.2) is 5.43 Å². The summed E-state index contributed by atoms with van der Waals surface area (Å²) in [7, 11) is 0. The smallest absolute Gasteiger partial charge is 0.324 e. The Hall–Kier alpha value is -1.36. The summed E-state index contributed by atoms with van der Waals surface area (Å²) in [5, 5.41) is 10.2. The summed E-state index contributed by atoms with van der Waals surface area (Å²) in [6, 6.07) is 0.914. The first-order valence-corrected chi connectivity index (χ1v) is 3.60. The van der Waals surface area contributed by atoms with Crippen LogP contribution >= 0.6 is 11.6 Å². The Morgan fingerprint density at radius 3 is 2.75 bits per heavy atom. The van der Waals surface area contributed by atoms with Crippen LogP contribution in [0, 0.1) is 10.1 Å². The van der Waals surface area contributed by atoms with Gasteiger partial charge in [0.1, 0.15) is 0 Å². The molecular weight excluding hydrogens is 184 g/mol. The van der Waals surface area contributed by atoms with E-state index in [1.807, 2.05) is 0 Å². The van der Waals surface area contributed by atoms with E-state index in [1.165, 1.54) is 6.20 Å². The molecule has 64 valence electrons. The van der Waals surface area contributed by atoms with Gasteiger partial charge >= 0.3 is 5.82 Å². The molecule has 0 amide bonds. The van der Waals surface area contributed by atoms with Crippen LogP contribution in [0.3, 0.4) is 0 Å². The molecule has 0 aliphatic heterocycles. The van der Waals surface area contributed by atoms with E-state index in [1.54, 1.807) is 0 Å². The van der Waals surface area contributed by atoms with E-state index in [-0.39, 0.29) is 11.7 Å². The number of nitrogens with zero attached hydrogens (tertiary/aromatic N) is 1. The number of hydrogen-bond donors (Lipinski definition) is 1. The van der Waals surface area contributed by atoms with E-state index >= 15 is 0 Å². The number of hydrogen-bond acceptors (Lipinski definition) is 3. The second-order valence-corrected chi connectivity index (χ2v) is 2.37. The predicted molar refractivity (Wildman–Crippen MR) is 43.3 cm³/mol. The normalized spacial score (nSPS) is 9.75. The zero-order chi connectivity index (χ0) is 9.14. The molecule has 1 rings (SSSR count). The molecule has 1 heterocycles. The van der Waals surface area contributed by atoms with Crippen LogP contribution in [0.25, 0.3) is 0 Å². The summed E-state index contributed by atoms with van der Waals surface area (Å²) in [6.45, 7) is 0. The molecule has 0 bridgehead atoms. The van der Waals surface area contributed by atoms with Crippen LogP contribution in [0.1, 0.15) is 5.56 Å². The van der Waals surface area contributed by atoms with Gasteiger partial charge in [-0.05, 0) is 4.92 Å². The second-order valence-electron chi connectivity index (χ2n) is 2.10. The Kier molecular flexibility index (Phi) is 2.44. The van der Waals surface area contributed by atoms with Crippen molar-refractivity contribution in [3.8, 4) is 0 Å². The molecule has 5 nitrogen and oxygen atoms in total. The molecule has 0 saturated heterocycles. The molecule has 12 heavy (non-hydrogen) atoms. The van der Waals surface area contributed by atoms with Crippen LogP contribution < -0.4 is 5.43 Å². The molecular formula is C6H5ClN2O3. The summed E-state index contributed by atoms with van der Waals surface area (Å²) in [6.07, 6.45) is 1.24. The Morgan fingerprint density at radius 1 is 1.67 bits per heavy atom. The maximum absolute atomic E-state index is 11.0. The van der Waals surface area contributed by atoms with Crippen molar-refractivity contribution < 1.29 is 4.92 Å². The second kappa shape index (κ2) is 3.36. The molecule has 0 radical (unpaired) electrons. The van der Waals surface area contributed by atoms with Crippen molar-refractivity contribution in [2.45, 2.75) is 5.88 Å². The molecule has 1 aromatic heterocycles. The van der Waals surface area contributed by atoms with Gasteiger partial charge in [-0.3, -0.25) is 4.79 Å². The highest BCUT2D eigenvalue weighted by atomic mass is 35.5. The number of alkyl halides is 1. The Labute approximate surface area is 72.1 Å². The lowest BCUT2D eigenvalue weighted by Gasteiger charge is -1.93. The molecule has 0 aliphatic carbocycles. The van der Waals surface area contributed by atoms with Gasteiger partial charge in [0.25, 0.3) is 0 Å². The average molecular weight is 189 g/mol. The first-order valence-electron chi connectivity index (χ1n) is 3.07. The van der Waals surface area contributed by atoms with Crippen molar-refractivity contribution in [2.75, 3.05) is 0 Å². The summed E-state index contributed by atoms with van der Waals surface area (Å²) < 4.78 is 0. The first kappa shape index (κ1) is 8.73. The van der Waals surface area contributed by atoms with Gasteiger partial charge < -0.3 is 10.1 Å². The topological polar surface area (TPSA) is 76.0 Å². The van der Waals surface area contributed by atoms with Crippen LogP contribution in [0.5, 0.6) is 0 Å². The van der Waals surface area contributed by atoms with E-state index < -0.39 is 10.4 Å². The van der Waals surface area contributed by atoms with E-state index in [4.69, 9.17) is 11.6 Å². The molecule has 0 spiro atoms. The molecule has 1 N–H and O–H groups in total. The van der Waals surface area contributed by atoms with Gasteiger partial charge in [0.05, 0.1) is 23.7 Å². The molecule has 0 atom stereocenters. The number of rotatable bonds is 2. The number of nitro groups is 1. The lowest BCUT2D eigenvalue weighted by atomic mass is 10.3. The van der Waals surface area contributed by atoms with Gasteiger partial charge in [0, 0.05) is 0 Å². The van der Waals surface area contributed by atoms with E-state index in [2.05, 4.69) is 4.98 Å². The van der Waals surface area contributed by atoms with Gasteiger partial charge in [-0.15, -0.1) is 11.6 Å². The largest absolute Gasteiger partial charge is 0.358 e. The number of aromatic nitrogens is 1. The molecule has 0 fully saturated rings. The predicted octanol–water partition coefficient (Wildman–Crippen LogP) is 1.02. The van der Waals surface area contributed by atoms with Crippen LogP contribution in [-0.2, 0) is 5.88 Å². The van der Waals surface area contributed by atoms with Crippen molar-refractivity contribution in [1.82, 2.24) is 4.98 Å². The fourth-order valence-corrected chi connectivity index (χ4v) is 0.909. The number of H-pyrrole nitrogens is 1. The Balaban J connectivity index is 3.19. The highest BCUT2D eigenvalue weighted by Gasteiger charge is 2.06. The van der Waals surface area contributed by atoms with E-state index in [0.29, 0.717) is 5.56 Å². The molecule has 0 saturated carbocycles. The average Bonchev–Trinajstić information content (AvgIpc) is 2.04. The van der Waals surface area contributed by atoms with Crippen LogP contribution in [0.4, 0.5) is 5.82 Å². The van der Waals surface area contributed by atoms with Gasteiger partial charge in [-0.1, -0.05) is 0 Å². The Morgan fingerprint density at radius 2 is 2.33 bits per heavy atom. The minimum absolute atomic E-state index is 0.0489. The summed E-state index contributed by atoms with van der Waals surface area (Å²) in [5.41, 5.74) is -0.0993. The Bertz CT molecular complexity index is 360. The zero-order valence-corrected chi connectivity index (χ0v) is 6.67. The highest BCUT2D eigenvalue weighted by Crippen LogP contribution is 2.03. The molecule has 0 aromatic carbocycles. The third kappa shape index (κ3) is 1.62. The van der Waals surface area contributed by atoms with Crippen LogP contribution in [0.2, 0.25) is 0 Å². The zero-order valence-electron chi connectivity index (χ0n) is 5.91. The van der Waals surface area contributed by atoms with Gasteiger partial charge in [-0.2, -0.15) is 0 Å². The van der Waals surface area contributed by atoms with E-state index in [0.717, 1.165) is 6.07 Å². The maximum atomic E-state index is 11.0. The third-order valence-corrected chi connectivity index (χ3v) is 1.61. The summed E-state index contributed by atoms with van der Waals surface area (Å²) in [5.74, 6) is -0.276. The van der Waals surface area contributed by atoms with Gasteiger partial charge in [0.2, 0.25) is 0 Å². The number of nitrogens with one attached hydrogen (secondary N) is 1. The fourth-order valence-electron chi connectivity index (χ4n) is 0.701. The highest BCUT2D eigenvalue weighted by molar-refractivity contribution is 6.17. The van der Waals surface area contributed by atoms with Crippen molar-refractivity contribution in [3.05, 3.63) is 38.2 Å². The lowest BCUT2D eigenvalue weighted by Crippen LogP contribution is -2.08. The van der Waals surface area contributed by atoms with Crippen molar-refractivity contribution in [2.24, 2.45) is 0 Å². The summed E-state index contributed by atoms with van der Waals surface area (Å²) >= 11 is 5.37. The van der Waals surface area contributed by atoms with Crippen molar-refractivity contribution >= 4 is 17.4 Å². The van der Waals surface area contributed by atoms with Gasteiger partial charge in [-0.25, -0.2) is 4.98 Å².